The molecule has 0 fully saturated rings. The maximum absolute atomic E-state index is 14.7. The zero-order valence-corrected chi connectivity index (χ0v) is 24.2. The van der Waals surface area contributed by atoms with Crippen molar-refractivity contribution in [3.05, 3.63) is 137 Å². The zero-order chi connectivity index (χ0) is 31.2. The molecule has 1 N–H and O–H groups in total. The number of nitrogens with zero attached hydrogens (tertiary/aromatic N) is 1. The lowest BCUT2D eigenvalue weighted by Crippen LogP contribution is -2.14. The van der Waals surface area contributed by atoms with Crippen LogP contribution in [0.3, 0.4) is 0 Å². The highest BCUT2D eigenvalue weighted by atomic mass is 35.5. The summed E-state index contributed by atoms with van der Waals surface area (Å²) in [7, 11) is -4.43. The highest BCUT2D eigenvalue weighted by Gasteiger charge is 2.29. The first kappa shape index (κ1) is 29.2. The number of hydrogen-bond acceptors (Lipinski definition) is 3. The molecule has 5 aromatic carbocycles. The molecule has 0 amide bonds. The Hall–Kier alpha value is -4.86. The van der Waals surface area contributed by atoms with Gasteiger partial charge >= 0.3 is 5.97 Å². The standard InChI is InChI=1S/C34H21ClF3NO4S/c35-29-18-24(34(40)41)11-15-27(29)22-7-4-8-23(17-22)32-31(20-5-2-1-3-6-20)28-19-25(36)12-16-30(28)39(32)44(42,43)26-13-9-21(10-14-26)33(37)38/h1-19,33H,(H,40,41). The summed E-state index contributed by atoms with van der Waals surface area (Å²) in [6, 6.07) is 28.2. The SMILES string of the molecule is O=C(O)c1ccc(-c2cccc(-c3c(-c4ccccc4)c4cc(F)ccc4n3S(=O)(=O)c3ccc(C(F)F)cc3)c2)c(Cl)c1. The molecular weight excluding hydrogens is 611 g/mol. The first-order valence-corrected chi connectivity index (χ1v) is 15.0. The van der Waals surface area contributed by atoms with Gasteiger partial charge in [0.15, 0.2) is 0 Å². The molecule has 10 heteroatoms. The zero-order valence-electron chi connectivity index (χ0n) is 22.6. The lowest BCUT2D eigenvalue weighted by Gasteiger charge is -2.15. The second kappa shape index (κ2) is 11.3. The largest absolute Gasteiger partial charge is 0.478 e. The van der Waals surface area contributed by atoms with Gasteiger partial charge in [-0.3, -0.25) is 0 Å². The van der Waals surface area contributed by atoms with Crippen LogP contribution in [0.15, 0.2) is 120 Å². The molecular formula is C34H21ClF3NO4S. The van der Waals surface area contributed by atoms with Crippen LogP contribution >= 0.6 is 11.6 Å². The monoisotopic (exact) mass is 631 g/mol. The second-order valence-electron chi connectivity index (χ2n) is 9.97. The Morgan fingerprint density at radius 1 is 0.773 bits per heavy atom. The van der Waals surface area contributed by atoms with E-state index in [1.807, 2.05) is 0 Å². The third-order valence-electron chi connectivity index (χ3n) is 7.28. The van der Waals surface area contributed by atoms with Crippen LogP contribution in [0.5, 0.6) is 0 Å². The van der Waals surface area contributed by atoms with Crippen LogP contribution in [0.2, 0.25) is 5.02 Å². The van der Waals surface area contributed by atoms with E-state index >= 15 is 0 Å². The number of halogens is 4. The van der Waals surface area contributed by atoms with Crippen LogP contribution in [0.4, 0.5) is 13.2 Å². The molecule has 220 valence electrons. The number of carboxylic acids is 1. The summed E-state index contributed by atoms with van der Waals surface area (Å²) >= 11 is 6.47. The second-order valence-corrected chi connectivity index (χ2v) is 12.2. The molecule has 0 saturated carbocycles. The van der Waals surface area contributed by atoms with Crippen LogP contribution in [0.25, 0.3) is 44.4 Å². The Balaban J connectivity index is 1.68. The number of benzene rings is 5. The van der Waals surface area contributed by atoms with Gasteiger partial charge in [0.05, 0.1) is 21.7 Å². The van der Waals surface area contributed by atoms with Crippen molar-refractivity contribution < 1.29 is 31.5 Å². The van der Waals surface area contributed by atoms with E-state index in [1.165, 1.54) is 24.3 Å². The summed E-state index contributed by atoms with van der Waals surface area (Å²) in [4.78, 5) is 11.2. The van der Waals surface area contributed by atoms with E-state index in [4.69, 9.17) is 11.6 Å². The van der Waals surface area contributed by atoms with Gasteiger partial charge in [-0.15, -0.1) is 0 Å². The fourth-order valence-electron chi connectivity index (χ4n) is 5.25. The van der Waals surface area contributed by atoms with Crippen LogP contribution < -0.4 is 0 Å². The minimum Gasteiger partial charge on any atom is -0.478 e. The molecule has 44 heavy (non-hydrogen) atoms. The molecule has 1 heterocycles. The number of rotatable bonds is 7. The number of alkyl halides is 2. The molecule has 0 aliphatic rings. The highest BCUT2D eigenvalue weighted by molar-refractivity contribution is 7.90. The van der Waals surface area contributed by atoms with Gasteiger partial charge in [0.25, 0.3) is 16.4 Å². The van der Waals surface area contributed by atoms with Crippen molar-refractivity contribution in [3.63, 3.8) is 0 Å². The summed E-state index contributed by atoms with van der Waals surface area (Å²) in [6.07, 6.45) is -2.78. The Morgan fingerprint density at radius 3 is 2.11 bits per heavy atom. The third-order valence-corrected chi connectivity index (χ3v) is 9.32. The van der Waals surface area contributed by atoms with Gasteiger partial charge < -0.3 is 5.11 Å². The average molecular weight is 632 g/mol. The first-order chi connectivity index (χ1) is 21.1. The average Bonchev–Trinajstić information content (AvgIpc) is 3.36. The highest BCUT2D eigenvalue weighted by Crippen LogP contribution is 2.44. The Morgan fingerprint density at radius 2 is 1.45 bits per heavy atom. The normalized spacial score (nSPS) is 11.8. The van der Waals surface area contributed by atoms with Crippen molar-refractivity contribution in [2.24, 2.45) is 0 Å². The molecule has 0 spiro atoms. The van der Waals surface area contributed by atoms with Crippen LogP contribution in [0.1, 0.15) is 22.3 Å². The van der Waals surface area contributed by atoms with E-state index in [0.29, 0.717) is 33.2 Å². The van der Waals surface area contributed by atoms with Crippen molar-refractivity contribution in [3.8, 4) is 33.5 Å². The van der Waals surface area contributed by atoms with Gasteiger partial charge in [-0.25, -0.2) is 30.4 Å². The molecule has 6 rings (SSSR count). The fourth-order valence-corrected chi connectivity index (χ4v) is 7.09. The van der Waals surface area contributed by atoms with Crippen molar-refractivity contribution in [1.29, 1.82) is 0 Å². The molecule has 0 aliphatic carbocycles. The summed E-state index contributed by atoms with van der Waals surface area (Å²) < 4.78 is 71.2. The number of carbonyl (C=O) groups is 1. The van der Waals surface area contributed by atoms with Crippen molar-refractivity contribution in [1.82, 2.24) is 3.97 Å². The van der Waals surface area contributed by atoms with E-state index < -0.39 is 28.2 Å². The minimum atomic E-state index is -4.43. The minimum absolute atomic E-state index is 0.00683. The van der Waals surface area contributed by atoms with Crippen molar-refractivity contribution in [2.45, 2.75) is 11.3 Å². The molecule has 1 aromatic heterocycles. The van der Waals surface area contributed by atoms with Gasteiger partial charge in [0, 0.05) is 32.7 Å². The van der Waals surface area contributed by atoms with Crippen LogP contribution in [-0.2, 0) is 10.0 Å². The number of carboxylic acid groups (broad SMARTS) is 1. The molecule has 6 aromatic rings. The van der Waals surface area contributed by atoms with Gasteiger partial charge in [0.2, 0.25) is 0 Å². The van der Waals surface area contributed by atoms with E-state index in [9.17, 15) is 31.5 Å². The first-order valence-electron chi connectivity index (χ1n) is 13.2. The van der Waals surface area contributed by atoms with Crippen molar-refractivity contribution in [2.75, 3.05) is 0 Å². The Kier molecular flexibility index (Phi) is 7.53. The molecule has 0 saturated heterocycles. The third kappa shape index (κ3) is 5.14. The summed E-state index contributed by atoms with van der Waals surface area (Å²) in [6.45, 7) is 0. The molecule has 0 bridgehead atoms. The van der Waals surface area contributed by atoms with Crippen LogP contribution in [-0.4, -0.2) is 23.5 Å². The number of hydrogen-bond donors (Lipinski definition) is 1. The Labute approximate surface area is 255 Å². The summed E-state index contributed by atoms with van der Waals surface area (Å²) in [5, 5.41) is 9.86. The smallest absolute Gasteiger partial charge is 0.335 e. The fraction of sp³-hybridized carbons (Fsp3) is 0.0294. The predicted molar refractivity (Wildman–Crippen MR) is 164 cm³/mol. The topological polar surface area (TPSA) is 76.4 Å². The summed E-state index contributed by atoms with van der Waals surface area (Å²) in [5.74, 6) is -1.71. The predicted octanol–water partition coefficient (Wildman–Crippen LogP) is 9.31. The molecule has 0 atom stereocenters. The van der Waals surface area contributed by atoms with Crippen molar-refractivity contribution >= 4 is 38.5 Å². The quantitative estimate of drug-likeness (QED) is 0.190. The maximum Gasteiger partial charge on any atom is 0.335 e. The number of fused-ring (bicyclic) bond motifs is 1. The molecule has 5 nitrogen and oxygen atoms in total. The van der Waals surface area contributed by atoms with E-state index in [1.54, 1.807) is 60.7 Å². The number of aromatic carboxylic acids is 1. The van der Waals surface area contributed by atoms with Gasteiger partial charge in [-0.2, -0.15) is 0 Å². The lowest BCUT2D eigenvalue weighted by molar-refractivity contribution is 0.0697. The van der Waals surface area contributed by atoms with E-state index in [0.717, 1.165) is 34.3 Å². The molecule has 0 aliphatic heterocycles. The van der Waals surface area contributed by atoms with Crippen LogP contribution in [0, 0.1) is 5.82 Å². The number of aromatic nitrogens is 1. The van der Waals surface area contributed by atoms with Gasteiger partial charge in [-0.1, -0.05) is 78.3 Å². The van der Waals surface area contributed by atoms with Gasteiger partial charge in [-0.05, 0) is 59.7 Å². The Bertz CT molecular complexity index is 2160. The van der Waals surface area contributed by atoms with E-state index in [2.05, 4.69) is 0 Å². The molecule has 0 unspecified atom stereocenters. The molecule has 0 radical (unpaired) electrons. The lowest BCUT2D eigenvalue weighted by atomic mass is 9.96. The maximum atomic E-state index is 14.7. The summed E-state index contributed by atoms with van der Waals surface area (Å²) in [5.41, 5.74) is 2.67. The van der Waals surface area contributed by atoms with E-state index in [-0.39, 0.29) is 32.3 Å². The van der Waals surface area contributed by atoms with Gasteiger partial charge in [0.1, 0.15) is 5.82 Å².